The minimum absolute atomic E-state index is 0.0978. The summed E-state index contributed by atoms with van der Waals surface area (Å²) in [5.74, 6) is 0.431. The molecule has 1 aromatic carbocycles. The molecule has 2 rings (SSSR count). The van der Waals surface area contributed by atoms with Crippen LogP contribution in [0.3, 0.4) is 0 Å². The van der Waals surface area contributed by atoms with E-state index in [-0.39, 0.29) is 16.0 Å². The highest BCUT2D eigenvalue weighted by Crippen LogP contribution is 2.26. The number of nitrogens with one attached hydrogen (secondary N) is 1. The van der Waals surface area contributed by atoms with Gasteiger partial charge in [-0.15, -0.1) is 0 Å². The summed E-state index contributed by atoms with van der Waals surface area (Å²) in [6.07, 6.45) is 3.42. The van der Waals surface area contributed by atoms with Gasteiger partial charge in [0.25, 0.3) is 0 Å². The van der Waals surface area contributed by atoms with E-state index < -0.39 is 10.0 Å². The summed E-state index contributed by atoms with van der Waals surface area (Å²) in [7, 11) is -2.17. The van der Waals surface area contributed by atoms with Gasteiger partial charge in [0.1, 0.15) is 5.75 Å². The van der Waals surface area contributed by atoms with Crippen molar-refractivity contribution in [3.05, 3.63) is 41.7 Å². The van der Waals surface area contributed by atoms with Gasteiger partial charge in [-0.2, -0.15) is 5.10 Å². The molecule has 0 aliphatic heterocycles. The van der Waals surface area contributed by atoms with E-state index in [0.29, 0.717) is 12.3 Å². The SMILES string of the molecule is COc1ccc(S(=O)(=O)N[C@H](C)Cn2cccn2)cc1Cl. The maximum absolute atomic E-state index is 12.3. The van der Waals surface area contributed by atoms with Crippen LogP contribution in [-0.4, -0.2) is 31.3 Å². The van der Waals surface area contributed by atoms with Gasteiger partial charge in [0, 0.05) is 18.4 Å². The number of aromatic nitrogens is 2. The smallest absolute Gasteiger partial charge is 0.240 e. The largest absolute Gasteiger partial charge is 0.495 e. The molecular weight excluding hydrogens is 314 g/mol. The second-order valence-corrected chi connectivity index (χ2v) is 6.67. The maximum atomic E-state index is 12.3. The molecule has 0 aliphatic rings. The van der Waals surface area contributed by atoms with Gasteiger partial charge >= 0.3 is 0 Å². The first-order chi connectivity index (χ1) is 9.92. The molecule has 0 saturated carbocycles. The lowest BCUT2D eigenvalue weighted by atomic mass is 10.3. The lowest BCUT2D eigenvalue weighted by Crippen LogP contribution is -2.35. The van der Waals surface area contributed by atoms with E-state index in [0.717, 1.165) is 0 Å². The first-order valence-electron chi connectivity index (χ1n) is 6.25. The molecule has 1 atom stereocenters. The van der Waals surface area contributed by atoms with Crippen molar-refractivity contribution in [3.63, 3.8) is 0 Å². The van der Waals surface area contributed by atoms with Gasteiger partial charge in [-0.1, -0.05) is 11.6 Å². The fraction of sp³-hybridized carbons (Fsp3) is 0.308. The number of halogens is 1. The lowest BCUT2D eigenvalue weighted by molar-refractivity contribution is 0.414. The molecule has 6 nitrogen and oxygen atoms in total. The van der Waals surface area contributed by atoms with Crippen molar-refractivity contribution in [2.75, 3.05) is 7.11 Å². The average molecular weight is 330 g/mol. The molecule has 0 unspecified atom stereocenters. The Balaban J connectivity index is 2.12. The number of hydrogen-bond acceptors (Lipinski definition) is 4. The maximum Gasteiger partial charge on any atom is 0.240 e. The van der Waals surface area contributed by atoms with Crippen LogP contribution in [0.4, 0.5) is 0 Å². The Morgan fingerprint density at radius 3 is 2.81 bits per heavy atom. The fourth-order valence-corrected chi connectivity index (χ4v) is 3.46. The van der Waals surface area contributed by atoms with Gasteiger partial charge < -0.3 is 4.74 Å². The molecule has 8 heteroatoms. The molecule has 1 heterocycles. The van der Waals surface area contributed by atoms with Crippen molar-refractivity contribution < 1.29 is 13.2 Å². The summed E-state index contributed by atoms with van der Waals surface area (Å²) in [4.78, 5) is 0.0978. The van der Waals surface area contributed by atoms with E-state index in [1.807, 2.05) is 0 Å². The van der Waals surface area contributed by atoms with Crippen LogP contribution in [0, 0.1) is 0 Å². The molecule has 0 bridgehead atoms. The van der Waals surface area contributed by atoms with Crippen LogP contribution in [0.1, 0.15) is 6.92 Å². The minimum Gasteiger partial charge on any atom is -0.495 e. The molecule has 2 aromatic rings. The van der Waals surface area contributed by atoms with Crippen molar-refractivity contribution in [1.29, 1.82) is 0 Å². The van der Waals surface area contributed by atoms with E-state index in [9.17, 15) is 8.42 Å². The number of hydrogen-bond donors (Lipinski definition) is 1. The van der Waals surface area contributed by atoms with Crippen LogP contribution in [0.15, 0.2) is 41.6 Å². The van der Waals surface area contributed by atoms with E-state index in [2.05, 4.69) is 9.82 Å². The summed E-state index contributed by atoms with van der Waals surface area (Å²) in [6.45, 7) is 2.21. The first kappa shape index (κ1) is 15.8. The molecule has 0 fully saturated rings. The molecule has 0 saturated heterocycles. The fourth-order valence-electron chi connectivity index (χ4n) is 1.87. The van der Waals surface area contributed by atoms with Gasteiger partial charge in [-0.25, -0.2) is 13.1 Å². The zero-order chi connectivity index (χ0) is 15.5. The predicted octanol–water partition coefficient (Wildman–Crippen LogP) is 1.91. The van der Waals surface area contributed by atoms with Crippen LogP contribution in [-0.2, 0) is 16.6 Å². The summed E-state index contributed by atoms with van der Waals surface area (Å²) in [5, 5.41) is 4.29. The van der Waals surface area contributed by atoms with Gasteiger partial charge in [0.05, 0.1) is 23.6 Å². The molecular formula is C13H16ClN3O3S. The van der Waals surface area contributed by atoms with Crippen LogP contribution in [0.25, 0.3) is 0 Å². The van der Waals surface area contributed by atoms with Crippen LogP contribution >= 0.6 is 11.6 Å². The van der Waals surface area contributed by atoms with E-state index in [1.54, 1.807) is 30.1 Å². The molecule has 0 radical (unpaired) electrons. The number of benzene rings is 1. The van der Waals surface area contributed by atoms with Crippen molar-refractivity contribution in [2.24, 2.45) is 0 Å². The first-order valence-corrected chi connectivity index (χ1v) is 8.12. The predicted molar refractivity (Wildman–Crippen MR) is 80.0 cm³/mol. The molecule has 0 spiro atoms. The molecule has 21 heavy (non-hydrogen) atoms. The normalized spacial score (nSPS) is 13.1. The Hall–Kier alpha value is -1.57. The Morgan fingerprint density at radius 1 is 1.48 bits per heavy atom. The van der Waals surface area contributed by atoms with Crippen LogP contribution in [0.2, 0.25) is 5.02 Å². The average Bonchev–Trinajstić information content (AvgIpc) is 2.90. The number of ether oxygens (including phenoxy) is 1. The number of methoxy groups -OCH3 is 1. The van der Waals surface area contributed by atoms with E-state index in [4.69, 9.17) is 16.3 Å². The van der Waals surface area contributed by atoms with Crippen molar-refractivity contribution in [3.8, 4) is 5.75 Å². The highest BCUT2D eigenvalue weighted by Gasteiger charge is 2.19. The Bertz CT molecular complexity index is 701. The Morgan fingerprint density at radius 2 is 2.24 bits per heavy atom. The number of nitrogens with zero attached hydrogens (tertiary/aromatic N) is 2. The standard InChI is InChI=1S/C13H16ClN3O3S/c1-10(9-17-7-3-6-15-17)16-21(18,19)11-4-5-13(20-2)12(14)8-11/h3-8,10,16H,9H2,1-2H3/t10-/m1/s1. The monoisotopic (exact) mass is 329 g/mol. The number of rotatable bonds is 6. The Kier molecular flexibility index (Phi) is 4.87. The highest BCUT2D eigenvalue weighted by molar-refractivity contribution is 7.89. The molecule has 1 N–H and O–H groups in total. The summed E-state index contributed by atoms with van der Waals surface area (Å²) in [6, 6.07) is 5.81. The third-order valence-electron chi connectivity index (χ3n) is 2.81. The van der Waals surface area contributed by atoms with Crippen molar-refractivity contribution in [1.82, 2.24) is 14.5 Å². The third kappa shape index (κ3) is 3.96. The van der Waals surface area contributed by atoms with Crippen LogP contribution in [0.5, 0.6) is 5.75 Å². The molecule has 114 valence electrons. The highest BCUT2D eigenvalue weighted by atomic mass is 35.5. The molecule has 1 aromatic heterocycles. The summed E-state index contributed by atoms with van der Waals surface area (Å²) in [5.41, 5.74) is 0. The second kappa shape index (κ2) is 6.46. The zero-order valence-corrected chi connectivity index (χ0v) is 13.2. The summed E-state index contributed by atoms with van der Waals surface area (Å²) < 4.78 is 33.8. The van der Waals surface area contributed by atoms with Gasteiger partial charge in [0.2, 0.25) is 10.0 Å². The van der Waals surface area contributed by atoms with Gasteiger partial charge in [-0.3, -0.25) is 4.68 Å². The third-order valence-corrected chi connectivity index (χ3v) is 4.69. The van der Waals surface area contributed by atoms with E-state index >= 15 is 0 Å². The van der Waals surface area contributed by atoms with Crippen LogP contribution < -0.4 is 9.46 Å². The quantitative estimate of drug-likeness (QED) is 0.878. The van der Waals surface area contributed by atoms with Crippen molar-refractivity contribution >= 4 is 21.6 Å². The van der Waals surface area contributed by atoms with Gasteiger partial charge in [0.15, 0.2) is 0 Å². The summed E-state index contributed by atoms with van der Waals surface area (Å²) >= 11 is 5.96. The van der Waals surface area contributed by atoms with E-state index in [1.165, 1.54) is 25.3 Å². The second-order valence-electron chi connectivity index (χ2n) is 4.55. The lowest BCUT2D eigenvalue weighted by Gasteiger charge is -2.15. The topological polar surface area (TPSA) is 73.2 Å². The van der Waals surface area contributed by atoms with Crippen molar-refractivity contribution in [2.45, 2.75) is 24.4 Å². The number of sulfonamides is 1. The molecule has 0 aliphatic carbocycles. The Labute approximate surface area is 128 Å². The van der Waals surface area contributed by atoms with Gasteiger partial charge in [-0.05, 0) is 31.2 Å². The molecule has 0 amide bonds. The minimum atomic E-state index is -3.64. The zero-order valence-electron chi connectivity index (χ0n) is 11.7.